The molecule has 1 heteroatoms. The summed E-state index contributed by atoms with van der Waals surface area (Å²) in [6, 6.07) is 0. The first-order valence-electron chi connectivity index (χ1n) is 5.89. The van der Waals surface area contributed by atoms with Gasteiger partial charge in [-0.05, 0) is 24.7 Å². The van der Waals surface area contributed by atoms with E-state index in [0.717, 1.165) is 11.8 Å². The minimum absolute atomic E-state index is 0.473. The second kappa shape index (κ2) is 5.90. The Labute approximate surface area is 88.1 Å². The molecule has 13 heavy (non-hydrogen) atoms. The van der Waals surface area contributed by atoms with E-state index in [9.17, 15) is 0 Å². The Hall–Kier alpha value is 0.290. The number of halogens is 1. The molecule has 0 aromatic heterocycles. The van der Waals surface area contributed by atoms with Crippen LogP contribution in [0.15, 0.2) is 0 Å². The predicted molar refractivity (Wildman–Crippen MR) is 60.3 cm³/mol. The zero-order chi connectivity index (χ0) is 9.68. The molecule has 0 amide bonds. The normalized spacial score (nSPS) is 31.6. The van der Waals surface area contributed by atoms with Gasteiger partial charge in [0.05, 0.1) is 0 Å². The maximum Gasteiger partial charge on any atom is 0.0366 e. The largest absolute Gasteiger partial charge is 0.123 e. The first-order chi connectivity index (χ1) is 6.25. The highest BCUT2D eigenvalue weighted by Crippen LogP contribution is 2.35. The Morgan fingerprint density at radius 3 is 2.62 bits per heavy atom. The van der Waals surface area contributed by atoms with Gasteiger partial charge in [0.1, 0.15) is 0 Å². The summed E-state index contributed by atoms with van der Waals surface area (Å²) < 4.78 is 0. The maximum absolute atomic E-state index is 6.36. The fourth-order valence-corrected chi connectivity index (χ4v) is 3.02. The third-order valence-electron chi connectivity index (χ3n) is 3.48. The van der Waals surface area contributed by atoms with Gasteiger partial charge in [-0.15, -0.1) is 11.6 Å². The zero-order valence-electron chi connectivity index (χ0n) is 9.06. The molecule has 1 saturated carbocycles. The number of alkyl halides is 1. The molecule has 0 N–H and O–H groups in total. The third-order valence-corrected chi connectivity index (χ3v) is 4.02. The van der Waals surface area contributed by atoms with Crippen molar-refractivity contribution < 1.29 is 0 Å². The van der Waals surface area contributed by atoms with Crippen LogP contribution in [0.5, 0.6) is 0 Å². The number of hydrogen-bond donors (Lipinski definition) is 0. The monoisotopic (exact) mass is 202 g/mol. The second-order valence-corrected chi connectivity index (χ2v) is 5.14. The summed E-state index contributed by atoms with van der Waals surface area (Å²) >= 11 is 6.36. The van der Waals surface area contributed by atoms with Crippen molar-refractivity contribution in [2.45, 2.75) is 64.2 Å². The molecule has 0 bridgehead atoms. The predicted octanol–water partition coefficient (Wildman–Crippen LogP) is 4.61. The van der Waals surface area contributed by atoms with E-state index in [1.807, 2.05) is 0 Å². The molecule has 0 nitrogen and oxygen atoms in total. The van der Waals surface area contributed by atoms with Crippen LogP contribution in [0.1, 0.15) is 58.8 Å². The van der Waals surface area contributed by atoms with Gasteiger partial charge >= 0.3 is 0 Å². The van der Waals surface area contributed by atoms with Gasteiger partial charge in [0, 0.05) is 5.38 Å². The van der Waals surface area contributed by atoms with Gasteiger partial charge in [0.2, 0.25) is 0 Å². The van der Waals surface area contributed by atoms with E-state index in [1.165, 1.54) is 44.9 Å². The molecule has 1 aliphatic rings. The molecule has 0 spiro atoms. The van der Waals surface area contributed by atoms with Crippen molar-refractivity contribution in [3.05, 3.63) is 0 Å². The van der Waals surface area contributed by atoms with Gasteiger partial charge < -0.3 is 0 Å². The van der Waals surface area contributed by atoms with E-state index >= 15 is 0 Å². The lowest BCUT2D eigenvalue weighted by molar-refractivity contribution is 0.254. The SMILES string of the molecule is CCCCC(C)C1CCCCC1Cl. The van der Waals surface area contributed by atoms with Gasteiger partial charge in [0.25, 0.3) is 0 Å². The van der Waals surface area contributed by atoms with Crippen LogP contribution in [0.25, 0.3) is 0 Å². The minimum atomic E-state index is 0.473. The second-order valence-electron chi connectivity index (χ2n) is 4.58. The van der Waals surface area contributed by atoms with Crippen LogP contribution in [0.2, 0.25) is 0 Å². The van der Waals surface area contributed by atoms with Crippen LogP contribution < -0.4 is 0 Å². The molecule has 0 aliphatic heterocycles. The first kappa shape index (κ1) is 11.4. The summed E-state index contributed by atoms with van der Waals surface area (Å²) in [6.07, 6.45) is 9.47. The Morgan fingerprint density at radius 1 is 1.31 bits per heavy atom. The summed E-state index contributed by atoms with van der Waals surface area (Å²) in [4.78, 5) is 0. The molecular formula is C12H23Cl. The van der Waals surface area contributed by atoms with Crippen LogP contribution in [0.4, 0.5) is 0 Å². The summed E-state index contributed by atoms with van der Waals surface area (Å²) in [7, 11) is 0. The lowest BCUT2D eigenvalue weighted by Gasteiger charge is -2.32. The van der Waals surface area contributed by atoms with Crippen LogP contribution in [0, 0.1) is 11.8 Å². The van der Waals surface area contributed by atoms with Crippen LogP contribution in [0.3, 0.4) is 0 Å². The Morgan fingerprint density at radius 2 is 2.00 bits per heavy atom. The molecule has 3 unspecified atom stereocenters. The smallest absolute Gasteiger partial charge is 0.0366 e. The van der Waals surface area contributed by atoms with E-state index < -0.39 is 0 Å². The first-order valence-corrected chi connectivity index (χ1v) is 6.33. The number of unbranched alkanes of at least 4 members (excludes halogenated alkanes) is 1. The standard InChI is InChI=1S/C12H23Cl/c1-3-4-7-10(2)11-8-5-6-9-12(11)13/h10-12H,3-9H2,1-2H3. The van der Waals surface area contributed by atoms with Gasteiger partial charge in [-0.3, -0.25) is 0 Å². The molecule has 0 saturated heterocycles. The van der Waals surface area contributed by atoms with Crippen molar-refractivity contribution in [2.75, 3.05) is 0 Å². The molecule has 1 aliphatic carbocycles. The topological polar surface area (TPSA) is 0 Å². The van der Waals surface area contributed by atoms with Crippen LogP contribution in [-0.4, -0.2) is 5.38 Å². The quantitative estimate of drug-likeness (QED) is 0.584. The average Bonchev–Trinajstić information content (AvgIpc) is 2.15. The lowest BCUT2D eigenvalue weighted by atomic mass is 9.78. The summed E-state index contributed by atoms with van der Waals surface area (Å²) in [5.74, 6) is 1.66. The van der Waals surface area contributed by atoms with Crippen molar-refractivity contribution in [1.82, 2.24) is 0 Å². The molecule has 78 valence electrons. The summed E-state index contributed by atoms with van der Waals surface area (Å²) in [6.45, 7) is 4.66. The average molecular weight is 203 g/mol. The molecular weight excluding hydrogens is 180 g/mol. The van der Waals surface area contributed by atoms with E-state index in [-0.39, 0.29) is 0 Å². The highest BCUT2D eigenvalue weighted by molar-refractivity contribution is 6.20. The van der Waals surface area contributed by atoms with Crippen molar-refractivity contribution in [2.24, 2.45) is 11.8 Å². The highest BCUT2D eigenvalue weighted by atomic mass is 35.5. The fraction of sp³-hybridized carbons (Fsp3) is 1.00. The van der Waals surface area contributed by atoms with Crippen molar-refractivity contribution in [3.8, 4) is 0 Å². The highest BCUT2D eigenvalue weighted by Gasteiger charge is 2.27. The molecule has 0 aromatic carbocycles. The summed E-state index contributed by atoms with van der Waals surface area (Å²) in [5, 5.41) is 0.473. The molecule has 3 atom stereocenters. The van der Waals surface area contributed by atoms with E-state index in [4.69, 9.17) is 11.6 Å². The third kappa shape index (κ3) is 3.50. The Bertz CT molecular complexity index is 133. The van der Waals surface area contributed by atoms with E-state index in [0.29, 0.717) is 5.38 Å². The molecule has 1 rings (SSSR count). The zero-order valence-corrected chi connectivity index (χ0v) is 9.82. The van der Waals surface area contributed by atoms with Crippen LogP contribution >= 0.6 is 11.6 Å². The molecule has 0 radical (unpaired) electrons. The molecule has 1 fully saturated rings. The van der Waals surface area contributed by atoms with E-state index in [2.05, 4.69) is 13.8 Å². The Balaban J connectivity index is 2.30. The van der Waals surface area contributed by atoms with Gasteiger partial charge in [-0.2, -0.15) is 0 Å². The van der Waals surface area contributed by atoms with E-state index in [1.54, 1.807) is 0 Å². The van der Waals surface area contributed by atoms with Gasteiger partial charge in [-0.1, -0.05) is 46.0 Å². The van der Waals surface area contributed by atoms with Gasteiger partial charge in [-0.25, -0.2) is 0 Å². The summed E-state index contributed by atoms with van der Waals surface area (Å²) in [5.41, 5.74) is 0. The van der Waals surface area contributed by atoms with Crippen molar-refractivity contribution in [3.63, 3.8) is 0 Å². The van der Waals surface area contributed by atoms with Gasteiger partial charge in [0.15, 0.2) is 0 Å². The molecule has 0 aromatic rings. The molecule has 0 heterocycles. The maximum atomic E-state index is 6.36. The fourth-order valence-electron chi connectivity index (χ4n) is 2.50. The lowest BCUT2D eigenvalue weighted by Crippen LogP contribution is -2.25. The van der Waals surface area contributed by atoms with Crippen molar-refractivity contribution in [1.29, 1.82) is 0 Å². The number of rotatable bonds is 4. The Kier molecular flexibility index (Phi) is 5.16. The van der Waals surface area contributed by atoms with Crippen LogP contribution in [-0.2, 0) is 0 Å². The van der Waals surface area contributed by atoms with Crippen molar-refractivity contribution >= 4 is 11.6 Å². The minimum Gasteiger partial charge on any atom is -0.123 e. The number of hydrogen-bond acceptors (Lipinski definition) is 0.